The van der Waals surface area contributed by atoms with Gasteiger partial charge in [0, 0.05) is 12.1 Å². The van der Waals surface area contributed by atoms with Gasteiger partial charge in [-0.15, -0.1) is 0 Å². The molecule has 0 saturated carbocycles. The first-order valence-electron chi connectivity index (χ1n) is 5.73. The molecular weight excluding hydrogens is 226 g/mol. The summed E-state index contributed by atoms with van der Waals surface area (Å²) in [5.74, 6) is 0. The lowest BCUT2D eigenvalue weighted by Crippen LogP contribution is -1.84. The van der Waals surface area contributed by atoms with Crippen LogP contribution < -0.4 is 0 Å². The molecule has 0 saturated heterocycles. The Labute approximate surface area is 107 Å². The van der Waals surface area contributed by atoms with Gasteiger partial charge < -0.3 is 0 Å². The maximum Gasteiger partial charge on any atom is 0.269 e. The van der Waals surface area contributed by atoms with E-state index in [0.717, 1.165) is 0 Å². The smallest absolute Gasteiger partial charge is 0.258 e. The second-order valence-corrected chi connectivity index (χ2v) is 4.26. The molecule has 0 fully saturated rings. The van der Waals surface area contributed by atoms with Crippen molar-refractivity contribution in [1.29, 1.82) is 0 Å². The van der Waals surface area contributed by atoms with E-state index in [4.69, 9.17) is 0 Å². The Morgan fingerprint density at radius 1 is 0.833 bits per heavy atom. The number of non-ortho nitro benzene ring substituents is 1. The van der Waals surface area contributed by atoms with Gasteiger partial charge in [-0.2, -0.15) is 0 Å². The largest absolute Gasteiger partial charge is 0.269 e. The van der Waals surface area contributed by atoms with Crippen molar-refractivity contribution in [2.45, 2.75) is 20.8 Å². The van der Waals surface area contributed by atoms with Gasteiger partial charge in [-0.25, -0.2) is 0 Å². The molecule has 2 aromatic carbocycles. The zero-order valence-electron chi connectivity index (χ0n) is 10.9. The topological polar surface area (TPSA) is 43.1 Å². The molecule has 0 N–H and O–H groups in total. The first-order valence-corrected chi connectivity index (χ1v) is 5.73. The van der Waals surface area contributed by atoms with Gasteiger partial charge in [0.05, 0.1) is 4.92 Å². The SMILES string of the molecule is Cc1cc(C)cc(C)c1.O=[N+]([O-])c1ccccc1. The summed E-state index contributed by atoms with van der Waals surface area (Å²) in [5, 5.41) is 10.0. The molecule has 0 heterocycles. The number of hydrogen-bond donors (Lipinski definition) is 0. The molecule has 0 aromatic heterocycles. The first-order chi connectivity index (χ1) is 8.49. The molecule has 0 aliphatic carbocycles. The zero-order valence-corrected chi connectivity index (χ0v) is 10.9. The maximum absolute atomic E-state index is 10.0. The van der Waals surface area contributed by atoms with Crippen molar-refractivity contribution in [3.8, 4) is 0 Å². The molecule has 3 nitrogen and oxygen atoms in total. The van der Waals surface area contributed by atoms with Gasteiger partial charge in [0.2, 0.25) is 0 Å². The van der Waals surface area contributed by atoms with Crippen molar-refractivity contribution in [2.75, 3.05) is 0 Å². The number of nitro groups is 1. The van der Waals surface area contributed by atoms with E-state index < -0.39 is 4.92 Å². The van der Waals surface area contributed by atoms with Crippen LogP contribution in [0.2, 0.25) is 0 Å². The molecule has 0 aliphatic rings. The summed E-state index contributed by atoms with van der Waals surface area (Å²) in [6.45, 7) is 6.38. The van der Waals surface area contributed by atoms with Crippen LogP contribution in [0.3, 0.4) is 0 Å². The number of nitro benzene ring substituents is 1. The molecule has 18 heavy (non-hydrogen) atoms. The first kappa shape index (κ1) is 13.9. The van der Waals surface area contributed by atoms with Crippen molar-refractivity contribution < 1.29 is 4.92 Å². The van der Waals surface area contributed by atoms with Gasteiger partial charge in [-0.05, 0) is 20.8 Å². The third-order valence-electron chi connectivity index (χ3n) is 2.33. The lowest BCUT2D eigenvalue weighted by Gasteiger charge is -1.96. The van der Waals surface area contributed by atoms with Crippen molar-refractivity contribution >= 4 is 5.69 Å². The zero-order chi connectivity index (χ0) is 13.5. The highest BCUT2D eigenvalue weighted by atomic mass is 16.6. The molecule has 0 atom stereocenters. The lowest BCUT2D eigenvalue weighted by atomic mass is 10.1. The van der Waals surface area contributed by atoms with Crippen molar-refractivity contribution in [3.63, 3.8) is 0 Å². The predicted octanol–water partition coefficient (Wildman–Crippen LogP) is 4.21. The number of para-hydroxylation sites is 1. The molecular formula is C15H17NO2. The molecule has 3 heteroatoms. The summed E-state index contributed by atoms with van der Waals surface area (Å²) in [5.41, 5.74) is 4.20. The Hall–Kier alpha value is -2.16. The van der Waals surface area contributed by atoms with Gasteiger partial charge in [0.25, 0.3) is 5.69 Å². The number of rotatable bonds is 1. The Kier molecular flexibility index (Phi) is 5.06. The number of benzene rings is 2. The van der Waals surface area contributed by atoms with E-state index >= 15 is 0 Å². The fourth-order valence-corrected chi connectivity index (χ4v) is 1.75. The molecule has 0 aliphatic heterocycles. The Morgan fingerprint density at radius 3 is 1.50 bits per heavy atom. The van der Waals surface area contributed by atoms with E-state index in [-0.39, 0.29) is 5.69 Å². The second kappa shape index (κ2) is 6.55. The van der Waals surface area contributed by atoms with Crippen molar-refractivity contribution in [3.05, 3.63) is 75.3 Å². The van der Waals surface area contributed by atoms with E-state index in [9.17, 15) is 10.1 Å². The normalized spacial score (nSPS) is 9.28. The van der Waals surface area contributed by atoms with Crippen LogP contribution >= 0.6 is 0 Å². The fourth-order valence-electron chi connectivity index (χ4n) is 1.75. The van der Waals surface area contributed by atoms with Crippen LogP contribution in [0, 0.1) is 30.9 Å². The summed E-state index contributed by atoms with van der Waals surface area (Å²) in [6, 6.07) is 14.5. The summed E-state index contributed by atoms with van der Waals surface area (Å²) in [4.78, 5) is 9.59. The predicted molar refractivity (Wildman–Crippen MR) is 73.7 cm³/mol. The van der Waals surface area contributed by atoms with Gasteiger partial charge >= 0.3 is 0 Å². The highest BCUT2D eigenvalue weighted by Crippen LogP contribution is 2.07. The van der Waals surface area contributed by atoms with Crippen LogP contribution in [-0.2, 0) is 0 Å². The molecule has 0 bridgehead atoms. The third-order valence-corrected chi connectivity index (χ3v) is 2.33. The van der Waals surface area contributed by atoms with E-state index in [0.29, 0.717) is 0 Å². The molecule has 0 spiro atoms. The highest BCUT2D eigenvalue weighted by molar-refractivity contribution is 5.28. The Balaban J connectivity index is 0.000000180. The molecule has 94 valence electrons. The minimum Gasteiger partial charge on any atom is -0.258 e. The van der Waals surface area contributed by atoms with Crippen LogP contribution in [0.4, 0.5) is 5.69 Å². The molecule has 2 rings (SSSR count). The Morgan fingerprint density at radius 2 is 1.22 bits per heavy atom. The molecule has 2 aromatic rings. The monoisotopic (exact) mass is 243 g/mol. The van der Waals surface area contributed by atoms with Gasteiger partial charge in [0.15, 0.2) is 0 Å². The fraction of sp³-hybridized carbons (Fsp3) is 0.200. The molecule has 0 amide bonds. The van der Waals surface area contributed by atoms with E-state index in [1.54, 1.807) is 18.2 Å². The summed E-state index contributed by atoms with van der Waals surface area (Å²) in [7, 11) is 0. The Bertz CT molecular complexity index is 471. The number of aryl methyl sites for hydroxylation is 3. The standard InChI is InChI=1S/C9H12.C6H5NO2/c1-7-4-8(2)6-9(3)5-7;8-7(9)6-4-2-1-3-5-6/h4-6H,1-3H3;1-5H. The maximum atomic E-state index is 10.0. The average molecular weight is 243 g/mol. The number of nitrogens with zero attached hydrogens (tertiary/aromatic N) is 1. The van der Waals surface area contributed by atoms with Crippen LogP contribution in [0.25, 0.3) is 0 Å². The summed E-state index contributed by atoms with van der Waals surface area (Å²) in [6.07, 6.45) is 0. The lowest BCUT2D eigenvalue weighted by molar-refractivity contribution is -0.384. The minimum absolute atomic E-state index is 0.137. The van der Waals surface area contributed by atoms with Gasteiger partial charge in [-0.1, -0.05) is 53.1 Å². The quantitative estimate of drug-likeness (QED) is 0.556. The van der Waals surface area contributed by atoms with Crippen LogP contribution in [0.15, 0.2) is 48.5 Å². The minimum atomic E-state index is -0.417. The molecule has 0 radical (unpaired) electrons. The van der Waals surface area contributed by atoms with Gasteiger partial charge in [-0.3, -0.25) is 10.1 Å². The van der Waals surface area contributed by atoms with E-state index in [1.165, 1.54) is 28.8 Å². The van der Waals surface area contributed by atoms with E-state index in [2.05, 4.69) is 39.0 Å². The van der Waals surface area contributed by atoms with Crippen molar-refractivity contribution in [2.24, 2.45) is 0 Å². The summed E-state index contributed by atoms with van der Waals surface area (Å²) < 4.78 is 0. The van der Waals surface area contributed by atoms with Gasteiger partial charge in [0.1, 0.15) is 0 Å². The van der Waals surface area contributed by atoms with Crippen LogP contribution in [0.5, 0.6) is 0 Å². The third kappa shape index (κ3) is 4.78. The highest BCUT2D eigenvalue weighted by Gasteiger charge is 1.98. The summed E-state index contributed by atoms with van der Waals surface area (Å²) >= 11 is 0. The van der Waals surface area contributed by atoms with Crippen LogP contribution in [-0.4, -0.2) is 4.92 Å². The van der Waals surface area contributed by atoms with Crippen molar-refractivity contribution in [1.82, 2.24) is 0 Å². The molecule has 0 unspecified atom stereocenters. The average Bonchev–Trinajstić information content (AvgIpc) is 2.29. The van der Waals surface area contributed by atoms with E-state index in [1.807, 2.05) is 0 Å². The van der Waals surface area contributed by atoms with Crippen LogP contribution in [0.1, 0.15) is 16.7 Å². The second-order valence-electron chi connectivity index (χ2n) is 4.26. The number of hydrogen-bond acceptors (Lipinski definition) is 2.